The molecule has 1 saturated heterocycles. The number of halogens is 1. The highest BCUT2D eigenvalue weighted by Crippen LogP contribution is 2.43. The normalized spacial score (nSPS) is 19.0. The maximum Gasteiger partial charge on any atom is 0.328 e. The largest absolute Gasteiger partial charge is 0.478 e. The molecular formula is C23H25ClN2O4S. The predicted molar refractivity (Wildman–Crippen MR) is 122 cm³/mol. The summed E-state index contributed by atoms with van der Waals surface area (Å²) in [4.78, 5) is 26.9. The van der Waals surface area contributed by atoms with Gasteiger partial charge >= 0.3 is 11.9 Å². The summed E-state index contributed by atoms with van der Waals surface area (Å²) in [5.74, 6) is -2.51. The Kier molecular flexibility index (Phi) is 8.15. The fourth-order valence-corrected chi connectivity index (χ4v) is 4.98. The molecule has 8 heteroatoms. The third kappa shape index (κ3) is 6.58. The van der Waals surface area contributed by atoms with Gasteiger partial charge in [-0.3, -0.25) is 4.90 Å². The van der Waals surface area contributed by atoms with E-state index in [0.29, 0.717) is 18.2 Å². The van der Waals surface area contributed by atoms with Gasteiger partial charge in [0.1, 0.15) is 0 Å². The van der Waals surface area contributed by atoms with E-state index in [0.717, 1.165) is 37.6 Å². The summed E-state index contributed by atoms with van der Waals surface area (Å²) in [5, 5.41) is 16.5. The average molecular weight is 461 g/mol. The number of hydrogen-bond acceptors (Lipinski definition) is 5. The first-order valence-electron chi connectivity index (χ1n) is 9.95. The van der Waals surface area contributed by atoms with Gasteiger partial charge in [0.25, 0.3) is 0 Å². The van der Waals surface area contributed by atoms with Gasteiger partial charge in [0.05, 0.1) is 0 Å². The molecule has 0 spiro atoms. The van der Waals surface area contributed by atoms with Gasteiger partial charge in [-0.25, -0.2) is 9.59 Å². The van der Waals surface area contributed by atoms with Crippen LogP contribution in [0.1, 0.15) is 17.2 Å². The molecule has 2 aliphatic rings. The van der Waals surface area contributed by atoms with E-state index in [1.807, 2.05) is 17.8 Å². The second kappa shape index (κ2) is 10.8. The number of piperazine rings is 1. The molecule has 1 unspecified atom stereocenters. The molecule has 1 atom stereocenters. The van der Waals surface area contributed by atoms with Crippen molar-refractivity contribution in [2.75, 3.05) is 33.2 Å². The van der Waals surface area contributed by atoms with Crippen LogP contribution in [0.25, 0.3) is 0 Å². The summed E-state index contributed by atoms with van der Waals surface area (Å²) < 4.78 is 0. The molecule has 4 rings (SSSR count). The highest BCUT2D eigenvalue weighted by molar-refractivity contribution is 7.99. The van der Waals surface area contributed by atoms with Gasteiger partial charge in [-0.1, -0.05) is 41.6 Å². The molecule has 1 fully saturated rings. The van der Waals surface area contributed by atoms with Gasteiger partial charge in [0, 0.05) is 59.2 Å². The molecule has 6 nitrogen and oxygen atoms in total. The van der Waals surface area contributed by atoms with Crippen LogP contribution >= 0.6 is 23.4 Å². The van der Waals surface area contributed by atoms with E-state index >= 15 is 0 Å². The molecule has 2 N–H and O–H groups in total. The zero-order valence-electron chi connectivity index (χ0n) is 17.2. The zero-order valence-corrected chi connectivity index (χ0v) is 18.8. The molecule has 0 aromatic heterocycles. The lowest BCUT2D eigenvalue weighted by Gasteiger charge is -2.38. The fourth-order valence-electron chi connectivity index (χ4n) is 3.68. The Bertz CT molecular complexity index is 958. The van der Waals surface area contributed by atoms with Crippen LogP contribution in [0.2, 0.25) is 5.02 Å². The van der Waals surface area contributed by atoms with Gasteiger partial charge in [-0.05, 0) is 48.9 Å². The van der Waals surface area contributed by atoms with Crippen LogP contribution in [-0.2, 0) is 16.0 Å². The van der Waals surface area contributed by atoms with Gasteiger partial charge in [-0.2, -0.15) is 0 Å². The predicted octanol–water partition coefficient (Wildman–Crippen LogP) is 4.05. The Morgan fingerprint density at radius 1 is 1.00 bits per heavy atom. The van der Waals surface area contributed by atoms with E-state index < -0.39 is 11.9 Å². The number of fused-ring (bicyclic) bond motifs is 2. The molecule has 164 valence electrons. The lowest BCUT2D eigenvalue weighted by molar-refractivity contribution is -0.134. The summed E-state index contributed by atoms with van der Waals surface area (Å²) in [5.41, 5.74) is 2.84. The molecule has 0 amide bonds. The minimum atomic E-state index is -1.26. The van der Waals surface area contributed by atoms with Crippen molar-refractivity contribution >= 4 is 35.3 Å². The highest BCUT2D eigenvalue weighted by Gasteiger charge is 2.29. The van der Waals surface area contributed by atoms with Crippen molar-refractivity contribution in [3.63, 3.8) is 0 Å². The van der Waals surface area contributed by atoms with Crippen molar-refractivity contribution < 1.29 is 19.8 Å². The molecule has 0 saturated carbocycles. The molecular weight excluding hydrogens is 436 g/mol. The second-order valence-corrected chi connectivity index (χ2v) is 8.98. The van der Waals surface area contributed by atoms with E-state index in [2.05, 4.69) is 53.2 Å². The fraction of sp³-hybridized carbons (Fsp3) is 0.304. The van der Waals surface area contributed by atoms with Crippen molar-refractivity contribution in [2.24, 2.45) is 0 Å². The molecule has 0 radical (unpaired) electrons. The number of carbonyl (C=O) groups is 2. The second-order valence-electron chi connectivity index (χ2n) is 7.46. The minimum Gasteiger partial charge on any atom is -0.478 e. The van der Waals surface area contributed by atoms with Crippen LogP contribution in [0.3, 0.4) is 0 Å². The van der Waals surface area contributed by atoms with Crippen LogP contribution in [-0.4, -0.2) is 65.2 Å². The van der Waals surface area contributed by atoms with Crippen LogP contribution in [0.15, 0.2) is 64.4 Å². The summed E-state index contributed by atoms with van der Waals surface area (Å²) in [7, 11) is 2.21. The number of nitrogens with zero attached hydrogens (tertiary/aromatic N) is 2. The Balaban J connectivity index is 0.000000293. The van der Waals surface area contributed by atoms with Crippen LogP contribution < -0.4 is 0 Å². The Hall–Kier alpha value is -2.32. The number of rotatable bonds is 3. The molecule has 2 aromatic rings. The van der Waals surface area contributed by atoms with Crippen molar-refractivity contribution in [1.29, 1.82) is 0 Å². The first-order valence-corrected chi connectivity index (χ1v) is 11.1. The summed E-state index contributed by atoms with van der Waals surface area (Å²) in [6.45, 7) is 4.53. The van der Waals surface area contributed by atoms with Crippen molar-refractivity contribution in [2.45, 2.75) is 22.3 Å². The van der Waals surface area contributed by atoms with Crippen molar-refractivity contribution in [3.8, 4) is 0 Å². The number of likely N-dealkylation sites (N-methyl/N-ethyl adjacent to an activating group) is 1. The van der Waals surface area contributed by atoms with Crippen LogP contribution in [0.5, 0.6) is 0 Å². The van der Waals surface area contributed by atoms with Gasteiger partial charge in [0.2, 0.25) is 0 Å². The van der Waals surface area contributed by atoms with E-state index in [1.165, 1.54) is 20.9 Å². The molecule has 0 bridgehead atoms. The number of carboxylic acids is 2. The van der Waals surface area contributed by atoms with E-state index in [9.17, 15) is 9.59 Å². The smallest absolute Gasteiger partial charge is 0.328 e. The molecule has 0 aliphatic carbocycles. The van der Waals surface area contributed by atoms with E-state index in [-0.39, 0.29) is 0 Å². The summed E-state index contributed by atoms with van der Waals surface area (Å²) >= 11 is 8.22. The zero-order chi connectivity index (χ0) is 22.4. The number of benzene rings is 2. The van der Waals surface area contributed by atoms with Crippen molar-refractivity contribution in [3.05, 3.63) is 70.8 Å². The molecule has 2 aromatic carbocycles. The first-order chi connectivity index (χ1) is 14.8. The molecule has 31 heavy (non-hydrogen) atoms. The summed E-state index contributed by atoms with van der Waals surface area (Å²) in [6, 6.07) is 15.6. The number of carboxylic acid groups (broad SMARTS) is 2. The topological polar surface area (TPSA) is 81.1 Å². The monoisotopic (exact) mass is 460 g/mol. The number of aliphatic carboxylic acids is 2. The van der Waals surface area contributed by atoms with Gasteiger partial charge in [0.15, 0.2) is 0 Å². The quantitative estimate of drug-likeness (QED) is 0.669. The lowest BCUT2D eigenvalue weighted by Crippen LogP contribution is -2.46. The van der Waals surface area contributed by atoms with Gasteiger partial charge in [-0.15, -0.1) is 0 Å². The standard InChI is InChI=1S/C19H21ClN2S.C4H4O4/c1-21-8-10-22(11-9-21)17-12-14-4-2-3-5-18(14)23-19-7-6-15(20)13-16(17)19;5-3(6)1-2-4(7)8/h2-7,13,17H,8-12H2,1H3;1-2H,(H,5,6)(H,7,8)/b;2-1+. The minimum absolute atomic E-state index is 0.425. The highest BCUT2D eigenvalue weighted by atomic mass is 35.5. The maximum atomic E-state index is 9.55. The lowest BCUT2D eigenvalue weighted by atomic mass is 9.96. The average Bonchev–Trinajstić information content (AvgIpc) is 2.90. The Morgan fingerprint density at radius 2 is 1.65 bits per heavy atom. The maximum absolute atomic E-state index is 9.55. The van der Waals surface area contributed by atoms with Gasteiger partial charge < -0.3 is 15.1 Å². The Morgan fingerprint density at radius 3 is 2.29 bits per heavy atom. The molecule has 2 aliphatic heterocycles. The molecule has 2 heterocycles. The SMILES string of the molecule is CN1CCN(C2Cc3ccccc3Sc3ccc(Cl)cc32)CC1.O=C(O)/C=C/C(=O)O. The van der Waals surface area contributed by atoms with E-state index in [4.69, 9.17) is 21.8 Å². The first kappa shape index (κ1) is 23.3. The van der Waals surface area contributed by atoms with E-state index in [1.54, 1.807) is 0 Å². The summed E-state index contributed by atoms with van der Waals surface area (Å²) in [6.07, 6.45) is 2.19. The third-order valence-electron chi connectivity index (χ3n) is 5.28. The third-order valence-corrected chi connectivity index (χ3v) is 6.73. The Labute approximate surface area is 191 Å². The van der Waals surface area contributed by atoms with Crippen LogP contribution in [0, 0.1) is 0 Å². The van der Waals surface area contributed by atoms with Crippen molar-refractivity contribution in [1.82, 2.24) is 9.80 Å². The number of hydrogen-bond donors (Lipinski definition) is 2. The van der Waals surface area contributed by atoms with Crippen LogP contribution in [0.4, 0.5) is 0 Å².